The van der Waals surface area contributed by atoms with Crippen LogP contribution in [0.25, 0.3) is 0 Å². The first-order valence-electron chi connectivity index (χ1n) is 8.79. The van der Waals surface area contributed by atoms with Crippen LogP contribution in [-0.2, 0) is 9.31 Å². The van der Waals surface area contributed by atoms with Crippen molar-refractivity contribution in [1.29, 1.82) is 0 Å². The Morgan fingerprint density at radius 2 is 1.81 bits per heavy atom. The number of carbonyl (C=O) groups excluding carboxylic acids is 1. The summed E-state index contributed by atoms with van der Waals surface area (Å²) < 4.78 is 12.2. The third kappa shape index (κ3) is 4.17. The van der Waals surface area contributed by atoms with E-state index in [1.54, 1.807) is 12.2 Å². The van der Waals surface area contributed by atoms with Gasteiger partial charge in [0.05, 0.1) is 11.2 Å². The van der Waals surface area contributed by atoms with Gasteiger partial charge in [0.1, 0.15) is 0 Å². The van der Waals surface area contributed by atoms with E-state index in [2.05, 4.69) is 18.5 Å². The van der Waals surface area contributed by atoms with Crippen LogP contribution in [0.2, 0.25) is 0 Å². The van der Waals surface area contributed by atoms with Gasteiger partial charge in [0, 0.05) is 12.1 Å². The first-order chi connectivity index (χ1) is 12.1. The number of benzene rings is 1. The molecule has 4 nitrogen and oxygen atoms in total. The Kier molecular flexibility index (Phi) is 5.94. The topological polar surface area (TPSA) is 47.6 Å². The molecule has 1 aliphatic heterocycles. The van der Waals surface area contributed by atoms with E-state index >= 15 is 0 Å². The lowest BCUT2D eigenvalue weighted by Gasteiger charge is -2.32. The van der Waals surface area contributed by atoms with E-state index in [0.717, 1.165) is 16.6 Å². The molecule has 0 bridgehead atoms. The summed E-state index contributed by atoms with van der Waals surface area (Å²) >= 11 is 0. The summed E-state index contributed by atoms with van der Waals surface area (Å²) in [6, 6.07) is 5.65. The first kappa shape index (κ1) is 20.2. The maximum Gasteiger partial charge on any atom is 0.494 e. The second-order valence-electron chi connectivity index (χ2n) is 7.53. The molecule has 1 saturated heterocycles. The molecule has 26 heavy (non-hydrogen) atoms. The zero-order valence-electron chi connectivity index (χ0n) is 16.4. The highest BCUT2D eigenvalue weighted by atomic mass is 16.7. The molecule has 0 spiro atoms. The summed E-state index contributed by atoms with van der Waals surface area (Å²) in [6.45, 7) is 17.8. The van der Waals surface area contributed by atoms with Crippen LogP contribution < -0.4 is 10.8 Å². The zero-order valence-corrected chi connectivity index (χ0v) is 16.4. The van der Waals surface area contributed by atoms with Gasteiger partial charge in [0.25, 0.3) is 5.91 Å². The lowest BCUT2D eigenvalue weighted by Crippen LogP contribution is -2.41. The van der Waals surface area contributed by atoms with Crippen LogP contribution in [0.1, 0.15) is 43.6 Å². The zero-order chi connectivity index (χ0) is 19.5. The monoisotopic (exact) mass is 353 g/mol. The predicted molar refractivity (Wildman–Crippen MR) is 108 cm³/mol. The fourth-order valence-electron chi connectivity index (χ4n) is 2.70. The van der Waals surface area contributed by atoms with Gasteiger partial charge in [-0.25, -0.2) is 0 Å². The van der Waals surface area contributed by atoms with Crippen LogP contribution in [0.5, 0.6) is 0 Å². The molecule has 1 aromatic rings. The maximum absolute atomic E-state index is 12.5. The first-order valence-corrected chi connectivity index (χ1v) is 8.79. The van der Waals surface area contributed by atoms with Crippen molar-refractivity contribution in [2.45, 2.75) is 45.8 Å². The van der Waals surface area contributed by atoms with Crippen molar-refractivity contribution in [3.8, 4) is 0 Å². The van der Waals surface area contributed by atoms with Gasteiger partial charge in [0.2, 0.25) is 0 Å². The number of nitrogens with one attached hydrogen (secondary N) is 1. The Labute approximate surface area is 157 Å². The van der Waals surface area contributed by atoms with Crippen LogP contribution >= 0.6 is 0 Å². The van der Waals surface area contributed by atoms with Gasteiger partial charge in [0.15, 0.2) is 0 Å². The Morgan fingerprint density at radius 1 is 1.19 bits per heavy atom. The van der Waals surface area contributed by atoms with Crippen molar-refractivity contribution in [2.75, 3.05) is 6.54 Å². The molecular weight excluding hydrogens is 325 g/mol. The molecule has 1 aromatic carbocycles. The van der Waals surface area contributed by atoms with E-state index in [1.165, 1.54) is 0 Å². The molecule has 138 valence electrons. The van der Waals surface area contributed by atoms with Crippen molar-refractivity contribution < 1.29 is 14.1 Å². The van der Waals surface area contributed by atoms with Crippen LogP contribution in [0, 0.1) is 6.92 Å². The highest BCUT2D eigenvalue weighted by Gasteiger charge is 2.51. The van der Waals surface area contributed by atoms with Gasteiger partial charge in [-0.2, -0.15) is 0 Å². The average Bonchev–Trinajstić information content (AvgIpc) is 2.79. The fourth-order valence-corrected chi connectivity index (χ4v) is 2.70. The quantitative estimate of drug-likeness (QED) is 0.630. The van der Waals surface area contributed by atoms with Crippen LogP contribution in [0.3, 0.4) is 0 Å². The van der Waals surface area contributed by atoms with Crippen molar-refractivity contribution in [3.63, 3.8) is 0 Å². The number of allylic oxidation sites excluding steroid dienone is 2. The van der Waals surface area contributed by atoms with Gasteiger partial charge in [-0.05, 0) is 57.3 Å². The normalized spacial score (nSPS) is 18.5. The SMILES string of the molecule is C=C/C=C(\C=C)CNC(=O)c1ccc(B2OC(C)(C)C(C)(C)O2)cc1C. The molecule has 0 atom stereocenters. The third-order valence-corrected chi connectivity index (χ3v) is 5.07. The summed E-state index contributed by atoms with van der Waals surface area (Å²) in [5.41, 5.74) is 2.55. The second-order valence-corrected chi connectivity index (χ2v) is 7.53. The molecule has 0 unspecified atom stereocenters. The molecule has 1 heterocycles. The number of amides is 1. The number of rotatable bonds is 6. The molecule has 0 aliphatic carbocycles. The average molecular weight is 353 g/mol. The molecule has 0 radical (unpaired) electrons. The van der Waals surface area contributed by atoms with E-state index in [4.69, 9.17) is 9.31 Å². The summed E-state index contributed by atoms with van der Waals surface area (Å²) in [6.07, 6.45) is 5.20. The fraction of sp³-hybridized carbons (Fsp3) is 0.381. The molecule has 1 fully saturated rings. The van der Waals surface area contributed by atoms with Gasteiger partial charge in [-0.1, -0.05) is 43.5 Å². The molecule has 0 aromatic heterocycles. The lowest BCUT2D eigenvalue weighted by atomic mass is 9.78. The Balaban J connectivity index is 2.13. The Bertz CT molecular complexity index is 734. The summed E-state index contributed by atoms with van der Waals surface area (Å²) in [7, 11) is -0.432. The van der Waals surface area contributed by atoms with E-state index in [0.29, 0.717) is 12.1 Å². The largest absolute Gasteiger partial charge is 0.494 e. The van der Waals surface area contributed by atoms with Gasteiger partial charge >= 0.3 is 7.12 Å². The summed E-state index contributed by atoms with van der Waals surface area (Å²) in [5, 5.41) is 2.90. The Hall–Kier alpha value is -2.11. The standard InChI is InChI=1S/C21H28BNO3/c1-8-10-16(9-2)14-23-19(24)18-12-11-17(13-15(18)3)22-25-20(4,5)21(6,7)26-22/h8-13H,1-2,14H2,3-7H3,(H,23,24)/b16-10+. The van der Waals surface area contributed by atoms with Gasteiger partial charge in [-0.3, -0.25) is 4.79 Å². The summed E-state index contributed by atoms with van der Waals surface area (Å²) in [4.78, 5) is 12.5. The lowest BCUT2D eigenvalue weighted by molar-refractivity contribution is 0.00578. The molecule has 1 N–H and O–H groups in total. The van der Waals surface area contributed by atoms with Crippen LogP contribution in [-0.4, -0.2) is 30.8 Å². The smallest absolute Gasteiger partial charge is 0.399 e. The maximum atomic E-state index is 12.5. The Morgan fingerprint density at radius 3 is 2.31 bits per heavy atom. The number of hydrogen-bond donors (Lipinski definition) is 1. The minimum atomic E-state index is -0.432. The highest BCUT2D eigenvalue weighted by molar-refractivity contribution is 6.62. The number of carbonyl (C=O) groups is 1. The van der Waals surface area contributed by atoms with Crippen molar-refractivity contribution >= 4 is 18.5 Å². The van der Waals surface area contributed by atoms with Crippen molar-refractivity contribution in [2.24, 2.45) is 0 Å². The molecule has 1 aliphatic rings. The van der Waals surface area contributed by atoms with Crippen molar-refractivity contribution in [1.82, 2.24) is 5.32 Å². The van der Waals surface area contributed by atoms with Gasteiger partial charge < -0.3 is 14.6 Å². The molecule has 5 heteroatoms. The highest BCUT2D eigenvalue weighted by Crippen LogP contribution is 2.36. The third-order valence-electron chi connectivity index (χ3n) is 5.07. The molecule has 0 saturated carbocycles. The molecule has 1 amide bonds. The number of aryl methyl sites for hydroxylation is 1. The predicted octanol–water partition coefficient (Wildman–Crippen LogP) is 3.32. The van der Waals surface area contributed by atoms with Gasteiger partial charge in [-0.15, -0.1) is 0 Å². The second kappa shape index (κ2) is 7.64. The van der Waals surface area contributed by atoms with E-state index < -0.39 is 7.12 Å². The number of hydrogen-bond acceptors (Lipinski definition) is 3. The van der Waals surface area contributed by atoms with E-state index in [9.17, 15) is 4.79 Å². The molecular formula is C21H28BNO3. The molecule has 2 rings (SSSR count). The van der Waals surface area contributed by atoms with Crippen LogP contribution in [0.15, 0.2) is 55.2 Å². The summed E-state index contributed by atoms with van der Waals surface area (Å²) in [5.74, 6) is -0.125. The minimum absolute atomic E-state index is 0.125. The van der Waals surface area contributed by atoms with Crippen LogP contribution in [0.4, 0.5) is 0 Å². The van der Waals surface area contributed by atoms with E-state index in [1.807, 2.05) is 58.9 Å². The van der Waals surface area contributed by atoms with E-state index in [-0.39, 0.29) is 17.1 Å². The van der Waals surface area contributed by atoms with Crippen molar-refractivity contribution in [3.05, 3.63) is 66.3 Å². The minimum Gasteiger partial charge on any atom is -0.399 e.